The Hall–Kier alpha value is -1.97. The molecule has 20 heavy (non-hydrogen) atoms. The van der Waals surface area contributed by atoms with Crippen LogP contribution in [0.15, 0.2) is 18.3 Å². The number of piperidine rings is 1. The molecule has 106 valence electrons. The van der Waals surface area contributed by atoms with Crippen molar-refractivity contribution in [3.63, 3.8) is 0 Å². The molecule has 1 aromatic heterocycles. The van der Waals surface area contributed by atoms with Crippen LogP contribution < -0.4 is 11.1 Å². The lowest BCUT2D eigenvalue weighted by Gasteiger charge is -2.33. The van der Waals surface area contributed by atoms with Crippen molar-refractivity contribution in [2.45, 2.75) is 25.4 Å². The van der Waals surface area contributed by atoms with Crippen LogP contribution in [0.1, 0.15) is 24.1 Å². The Labute approximate surface area is 118 Å². The van der Waals surface area contributed by atoms with E-state index in [0.717, 1.165) is 31.5 Å². The number of rotatable bonds is 5. The average Bonchev–Trinajstić information content (AvgIpc) is 2.47. The van der Waals surface area contributed by atoms with Crippen molar-refractivity contribution in [1.29, 1.82) is 5.26 Å². The molecule has 1 fully saturated rings. The summed E-state index contributed by atoms with van der Waals surface area (Å²) in [5.41, 5.74) is 6.73. The van der Waals surface area contributed by atoms with Crippen molar-refractivity contribution in [3.8, 4) is 6.07 Å². The number of hydrogen-bond acceptors (Lipinski definition) is 5. The van der Waals surface area contributed by atoms with Gasteiger partial charge in [0.2, 0.25) is 5.91 Å². The van der Waals surface area contributed by atoms with Gasteiger partial charge in [-0.1, -0.05) is 0 Å². The maximum atomic E-state index is 11.3. The first kappa shape index (κ1) is 14.4. The third-order valence-corrected chi connectivity index (χ3v) is 3.51. The lowest BCUT2D eigenvalue weighted by Crippen LogP contribution is -2.46. The lowest BCUT2D eigenvalue weighted by atomic mass is 10.0. The van der Waals surface area contributed by atoms with E-state index in [1.807, 2.05) is 12.1 Å². The van der Waals surface area contributed by atoms with Crippen LogP contribution in [0.2, 0.25) is 0 Å². The molecule has 0 atom stereocenters. The first-order chi connectivity index (χ1) is 9.69. The van der Waals surface area contributed by atoms with Gasteiger partial charge in [-0.15, -0.1) is 0 Å². The average molecular weight is 273 g/mol. The van der Waals surface area contributed by atoms with Crippen molar-refractivity contribution >= 4 is 5.91 Å². The topological polar surface area (TPSA) is 95.0 Å². The molecule has 2 rings (SSSR count). The van der Waals surface area contributed by atoms with Gasteiger partial charge in [0.05, 0.1) is 6.54 Å². The normalized spacial score (nSPS) is 16.0. The highest BCUT2D eigenvalue weighted by Gasteiger charge is 2.22. The van der Waals surface area contributed by atoms with Crippen LogP contribution in [0.4, 0.5) is 0 Å². The van der Waals surface area contributed by atoms with E-state index in [1.165, 1.54) is 0 Å². The van der Waals surface area contributed by atoms with Crippen LogP contribution >= 0.6 is 0 Å². The van der Waals surface area contributed by atoms with Crippen LogP contribution in [0.25, 0.3) is 0 Å². The SMILES string of the molecule is N#Cc1cc(CN(CC(N)=O)C2CCNCC2)ccn1. The van der Waals surface area contributed by atoms with Crippen LogP contribution in [-0.4, -0.2) is 41.5 Å². The van der Waals surface area contributed by atoms with Gasteiger partial charge in [-0.3, -0.25) is 9.69 Å². The number of carbonyl (C=O) groups is 1. The van der Waals surface area contributed by atoms with Crippen molar-refractivity contribution in [2.24, 2.45) is 5.73 Å². The molecule has 0 radical (unpaired) electrons. The molecule has 1 aliphatic rings. The van der Waals surface area contributed by atoms with Gasteiger partial charge in [0.25, 0.3) is 0 Å². The minimum atomic E-state index is -0.321. The van der Waals surface area contributed by atoms with Crippen LogP contribution in [-0.2, 0) is 11.3 Å². The van der Waals surface area contributed by atoms with Crippen LogP contribution in [0, 0.1) is 11.3 Å². The van der Waals surface area contributed by atoms with Crippen molar-refractivity contribution in [2.75, 3.05) is 19.6 Å². The third kappa shape index (κ3) is 4.02. The molecule has 0 aliphatic carbocycles. The third-order valence-electron chi connectivity index (χ3n) is 3.51. The summed E-state index contributed by atoms with van der Waals surface area (Å²) in [5.74, 6) is -0.321. The molecule has 3 N–H and O–H groups in total. The van der Waals surface area contributed by atoms with E-state index in [1.54, 1.807) is 12.3 Å². The smallest absolute Gasteiger partial charge is 0.231 e. The minimum Gasteiger partial charge on any atom is -0.369 e. The number of primary amides is 1. The van der Waals surface area contributed by atoms with Gasteiger partial charge in [-0.2, -0.15) is 5.26 Å². The molecule has 1 aliphatic heterocycles. The number of nitrogens with one attached hydrogen (secondary N) is 1. The monoisotopic (exact) mass is 273 g/mol. The second-order valence-corrected chi connectivity index (χ2v) is 5.01. The van der Waals surface area contributed by atoms with E-state index in [0.29, 0.717) is 18.3 Å². The van der Waals surface area contributed by atoms with Gasteiger partial charge in [0, 0.05) is 18.8 Å². The van der Waals surface area contributed by atoms with E-state index in [-0.39, 0.29) is 12.5 Å². The summed E-state index contributed by atoms with van der Waals surface area (Å²) < 4.78 is 0. The second-order valence-electron chi connectivity index (χ2n) is 5.01. The fraction of sp³-hybridized carbons (Fsp3) is 0.500. The summed E-state index contributed by atoms with van der Waals surface area (Å²) in [6.07, 6.45) is 3.63. The first-order valence-electron chi connectivity index (χ1n) is 6.77. The van der Waals surface area contributed by atoms with Crippen molar-refractivity contribution in [1.82, 2.24) is 15.2 Å². The summed E-state index contributed by atoms with van der Waals surface area (Å²) >= 11 is 0. The second kappa shape index (κ2) is 6.98. The highest BCUT2D eigenvalue weighted by molar-refractivity contribution is 5.75. The zero-order chi connectivity index (χ0) is 14.4. The maximum absolute atomic E-state index is 11.3. The molecule has 1 saturated heterocycles. The Bertz CT molecular complexity index is 505. The van der Waals surface area contributed by atoms with Gasteiger partial charge >= 0.3 is 0 Å². The highest BCUT2D eigenvalue weighted by atomic mass is 16.1. The lowest BCUT2D eigenvalue weighted by molar-refractivity contribution is -0.120. The number of aromatic nitrogens is 1. The molecule has 0 saturated carbocycles. The Morgan fingerprint density at radius 3 is 2.95 bits per heavy atom. The maximum Gasteiger partial charge on any atom is 0.231 e. The van der Waals surface area contributed by atoms with Crippen molar-refractivity contribution in [3.05, 3.63) is 29.6 Å². The minimum absolute atomic E-state index is 0.245. The molecule has 0 aromatic carbocycles. The zero-order valence-corrected chi connectivity index (χ0v) is 11.4. The zero-order valence-electron chi connectivity index (χ0n) is 11.4. The number of hydrogen-bond donors (Lipinski definition) is 2. The standard InChI is InChI=1S/C14H19N5O/c15-8-12-7-11(1-6-18-12)9-19(10-14(16)20)13-2-4-17-5-3-13/h1,6-7,13,17H,2-5,9-10H2,(H2,16,20). The van der Waals surface area contributed by atoms with E-state index < -0.39 is 0 Å². The Kier molecular flexibility index (Phi) is 5.04. The number of nitrogens with two attached hydrogens (primary N) is 1. The molecule has 0 spiro atoms. The molecule has 1 amide bonds. The molecule has 0 unspecified atom stereocenters. The fourth-order valence-electron chi connectivity index (χ4n) is 2.55. The first-order valence-corrected chi connectivity index (χ1v) is 6.77. The molecular formula is C14H19N5O. The van der Waals surface area contributed by atoms with E-state index in [4.69, 9.17) is 11.0 Å². The Morgan fingerprint density at radius 2 is 2.30 bits per heavy atom. The van der Waals surface area contributed by atoms with Crippen LogP contribution in [0.5, 0.6) is 0 Å². The van der Waals surface area contributed by atoms with E-state index in [9.17, 15) is 4.79 Å². The van der Waals surface area contributed by atoms with Gasteiger partial charge in [-0.05, 0) is 43.6 Å². The number of pyridine rings is 1. The molecule has 0 bridgehead atoms. The quantitative estimate of drug-likeness (QED) is 0.787. The fourth-order valence-corrected chi connectivity index (χ4v) is 2.55. The number of nitriles is 1. The van der Waals surface area contributed by atoms with Gasteiger partial charge < -0.3 is 11.1 Å². The summed E-state index contributed by atoms with van der Waals surface area (Å²) in [6, 6.07) is 6.01. The van der Waals surface area contributed by atoms with Crippen LogP contribution in [0.3, 0.4) is 0 Å². The Morgan fingerprint density at radius 1 is 1.55 bits per heavy atom. The number of amides is 1. The molecular weight excluding hydrogens is 254 g/mol. The predicted molar refractivity (Wildman–Crippen MR) is 74.4 cm³/mol. The van der Waals surface area contributed by atoms with Gasteiger partial charge in [-0.25, -0.2) is 4.98 Å². The highest BCUT2D eigenvalue weighted by Crippen LogP contribution is 2.15. The summed E-state index contributed by atoms with van der Waals surface area (Å²) in [6.45, 7) is 2.78. The van der Waals surface area contributed by atoms with Crippen molar-refractivity contribution < 1.29 is 4.79 Å². The summed E-state index contributed by atoms with van der Waals surface area (Å²) in [4.78, 5) is 17.3. The molecule has 1 aromatic rings. The van der Waals surface area contributed by atoms with E-state index >= 15 is 0 Å². The van der Waals surface area contributed by atoms with E-state index in [2.05, 4.69) is 15.2 Å². The predicted octanol–water partition coefficient (Wildman–Crippen LogP) is -0.00742. The number of nitrogens with zero attached hydrogens (tertiary/aromatic N) is 3. The summed E-state index contributed by atoms with van der Waals surface area (Å²) in [7, 11) is 0. The molecule has 6 heteroatoms. The van der Waals surface area contributed by atoms with Gasteiger partial charge in [0.15, 0.2) is 0 Å². The molecule has 6 nitrogen and oxygen atoms in total. The molecule has 2 heterocycles. The number of carbonyl (C=O) groups excluding carboxylic acids is 1. The Balaban J connectivity index is 2.09. The largest absolute Gasteiger partial charge is 0.369 e. The summed E-state index contributed by atoms with van der Waals surface area (Å²) in [5, 5.41) is 12.2. The van der Waals surface area contributed by atoms with Gasteiger partial charge in [0.1, 0.15) is 11.8 Å².